The first-order valence-corrected chi connectivity index (χ1v) is 19.6. The summed E-state index contributed by atoms with van der Waals surface area (Å²) < 4.78 is 68.6. The van der Waals surface area contributed by atoms with Gasteiger partial charge in [-0.1, -0.05) is 24.3 Å². The van der Waals surface area contributed by atoms with E-state index in [1.54, 1.807) is 4.90 Å². The van der Waals surface area contributed by atoms with Gasteiger partial charge in [0.05, 0.1) is 42.6 Å². The number of anilines is 2. The van der Waals surface area contributed by atoms with Gasteiger partial charge in [0.2, 0.25) is 0 Å². The molecule has 0 heterocycles. The Kier molecular flexibility index (Phi) is 19.7. The van der Waals surface area contributed by atoms with E-state index in [9.17, 15) is 55.3 Å². The van der Waals surface area contributed by atoms with Crippen molar-refractivity contribution in [3.63, 3.8) is 0 Å². The van der Waals surface area contributed by atoms with Crippen LogP contribution in [0.1, 0.15) is 25.0 Å². The summed E-state index contributed by atoms with van der Waals surface area (Å²) in [4.78, 5) is 47.2. The zero-order valence-electron chi connectivity index (χ0n) is 31.7. The molecule has 0 aliphatic heterocycles. The molecule has 2 aromatic rings. The molecule has 23 heteroatoms. The SMILES string of the molecule is CC1=C/C(=N\Nc2ccc(/C=C/c3ccc(N/N=C4\C=C(C)C(=O)C(C(=O)O)=C4)cc3S(=O)(=O)O)c(S(=O)(=O)O)c2)C=C(C(=O)O)C1=O.OCCN(CCO)CCO.[K+]. The van der Waals surface area contributed by atoms with E-state index in [1.807, 2.05) is 0 Å². The van der Waals surface area contributed by atoms with E-state index >= 15 is 0 Å². The molecule has 0 aromatic heterocycles. The van der Waals surface area contributed by atoms with Crippen LogP contribution in [0.2, 0.25) is 0 Å². The summed E-state index contributed by atoms with van der Waals surface area (Å²) in [7, 11) is -9.73. The normalized spacial score (nSPS) is 15.8. The molecule has 0 bridgehead atoms. The molecule has 0 saturated heterocycles. The van der Waals surface area contributed by atoms with E-state index < -0.39 is 64.7 Å². The number of hydrogen-bond acceptors (Lipinski definition) is 16. The molecule has 4 rings (SSSR count). The number of ketones is 2. The van der Waals surface area contributed by atoms with Crippen LogP contribution in [0.3, 0.4) is 0 Å². The summed E-state index contributed by atoms with van der Waals surface area (Å²) >= 11 is 0. The fourth-order valence-electron chi connectivity index (χ4n) is 5.08. The molecular weight excluding hydrogens is 846 g/mol. The minimum atomic E-state index is -4.87. The van der Waals surface area contributed by atoms with E-state index in [4.69, 9.17) is 15.3 Å². The van der Waals surface area contributed by atoms with Gasteiger partial charge in [-0.2, -0.15) is 27.0 Å². The third-order valence-electron chi connectivity index (χ3n) is 7.88. The predicted molar refractivity (Wildman–Crippen MR) is 210 cm³/mol. The van der Waals surface area contributed by atoms with E-state index in [-0.39, 0.29) is 116 Å². The smallest absolute Gasteiger partial charge is 0.478 e. The van der Waals surface area contributed by atoms with Crippen molar-refractivity contribution in [2.24, 2.45) is 10.2 Å². The first-order valence-electron chi connectivity index (χ1n) is 16.7. The number of carboxylic acids is 2. The Bertz CT molecular complexity index is 2250. The maximum absolute atomic E-state index is 12.2. The van der Waals surface area contributed by atoms with Gasteiger partial charge >= 0.3 is 63.3 Å². The Morgan fingerprint density at radius 3 is 1.27 bits per heavy atom. The zero-order chi connectivity index (χ0) is 43.4. The monoisotopic (exact) mass is 884 g/mol. The van der Waals surface area contributed by atoms with Crippen LogP contribution in [-0.4, -0.2) is 131 Å². The Balaban J connectivity index is 0.000000964. The molecule has 0 fully saturated rings. The number of hydrogen-bond donors (Lipinski definition) is 9. The zero-order valence-corrected chi connectivity index (χ0v) is 36.5. The average Bonchev–Trinajstić information content (AvgIpc) is 3.14. The largest absolute Gasteiger partial charge is 1.00 e. The minimum absolute atomic E-state index is 0. The van der Waals surface area contributed by atoms with Crippen molar-refractivity contribution < 1.29 is 122 Å². The number of carbonyl (C=O) groups is 4. The van der Waals surface area contributed by atoms with Gasteiger partial charge < -0.3 is 25.5 Å². The maximum atomic E-state index is 12.2. The van der Waals surface area contributed by atoms with Crippen LogP contribution in [0, 0.1) is 0 Å². The molecule has 2 aromatic carbocycles. The third kappa shape index (κ3) is 15.0. The van der Waals surface area contributed by atoms with E-state index in [2.05, 4.69) is 21.1 Å². The Hall–Kier alpha value is -4.34. The molecule has 0 amide bonds. The van der Waals surface area contributed by atoms with Gasteiger partial charge in [0.25, 0.3) is 20.2 Å². The van der Waals surface area contributed by atoms with Gasteiger partial charge in [-0.25, -0.2) is 9.59 Å². The minimum Gasteiger partial charge on any atom is -0.478 e. The van der Waals surface area contributed by atoms with Gasteiger partial charge in [0.1, 0.15) is 20.9 Å². The van der Waals surface area contributed by atoms with Gasteiger partial charge in [-0.3, -0.25) is 34.4 Å². The number of carbonyl (C=O) groups excluding carboxylic acids is 2. The summed E-state index contributed by atoms with van der Waals surface area (Å²) in [6, 6.07) is 7.18. The Morgan fingerprint density at radius 2 is 0.983 bits per heavy atom. The van der Waals surface area contributed by atoms with Crippen molar-refractivity contribution in [2.75, 3.05) is 50.3 Å². The van der Waals surface area contributed by atoms with Crippen LogP contribution in [0.15, 0.2) is 103 Å². The van der Waals surface area contributed by atoms with Crippen LogP contribution < -0.4 is 62.2 Å². The molecule has 20 nitrogen and oxygen atoms in total. The number of Topliss-reactive ketones (excluding diaryl/α,β-unsaturated/α-hetero) is 2. The van der Waals surface area contributed by atoms with Gasteiger partial charge in [0.15, 0.2) is 11.6 Å². The molecule has 0 radical (unpaired) electrons. The number of aliphatic carboxylic acids is 2. The van der Waals surface area contributed by atoms with Gasteiger partial charge in [-0.15, -0.1) is 0 Å². The van der Waals surface area contributed by atoms with E-state index in [0.29, 0.717) is 19.6 Å². The number of rotatable bonds is 16. The second kappa shape index (κ2) is 22.9. The Morgan fingerprint density at radius 1 is 0.644 bits per heavy atom. The first kappa shape index (κ1) is 50.8. The predicted octanol–water partition coefficient (Wildman–Crippen LogP) is -1.76. The maximum Gasteiger partial charge on any atom is 1.00 e. The molecule has 9 N–H and O–H groups in total. The number of carboxylic acid groups (broad SMARTS) is 2. The van der Waals surface area contributed by atoms with Crippen molar-refractivity contribution in [1.29, 1.82) is 0 Å². The van der Waals surface area contributed by atoms with E-state index in [1.165, 1.54) is 50.3 Å². The summed E-state index contributed by atoms with van der Waals surface area (Å²) in [5.74, 6) is -4.30. The van der Waals surface area contributed by atoms with Crippen molar-refractivity contribution >= 4 is 78.7 Å². The summed E-state index contributed by atoms with van der Waals surface area (Å²) in [5.41, 5.74) is 4.18. The molecule has 310 valence electrons. The van der Waals surface area contributed by atoms with E-state index in [0.717, 1.165) is 36.4 Å². The fourth-order valence-corrected chi connectivity index (χ4v) is 6.50. The molecule has 0 saturated carbocycles. The fraction of sp³-hybridized carbons (Fsp3) is 0.222. The van der Waals surface area contributed by atoms with Crippen LogP contribution in [-0.2, 0) is 39.4 Å². The molecule has 2 aliphatic carbocycles. The number of nitrogens with zero attached hydrogens (tertiary/aromatic N) is 3. The van der Waals surface area contributed by atoms with Gasteiger partial charge in [-0.05, 0) is 84.7 Å². The molecule has 0 unspecified atom stereocenters. The van der Waals surface area contributed by atoms with Crippen LogP contribution in [0.4, 0.5) is 11.4 Å². The summed E-state index contributed by atoms with van der Waals surface area (Å²) in [6.07, 6.45) is 6.98. The number of aliphatic hydroxyl groups excluding tert-OH is 3. The number of hydrazone groups is 2. The molecule has 2 aliphatic rings. The molecular formula is C36H39KN5O15S2+. The average molecular weight is 885 g/mol. The van der Waals surface area contributed by atoms with Crippen LogP contribution in [0.5, 0.6) is 0 Å². The number of nitrogens with one attached hydrogen (secondary N) is 2. The van der Waals surface area contributed by atoms with Crippen molar-refractivity contribution in [1.82, 2.24) is 4.90 Å². The van der Waals surface area contributed by atoms with Crippen molar-refractivity contribution in [3.8, 4) is 0 Å². The quantitative estimate of drug-likeness (QED) is 0.0225. The number of allylic oxidation sites excluding steroid dienone is 6. The van der Waals surface area contributed by atoms with Crippen LogP contribution in [0.25, 0.3) is 12.2 Å². The third-order valence-corrected chi connectivity index (χ3v) is 9.70. The number of benzene rings is 2. The topological polar surface area (TPSA) is 330 Å². The first-order chi connectivity index (χ1) is 27.2. The number of aliphatic hydroxyl groups is 3. The van der Waals surface area contributed by atoms with Crippen molar-refractivity contribution in [2.45, 2.75) is 23.6 Å². The van der Waals surface area contributed by atoms with Crippen LogP contribution >= 0.6 is 0 Å². The van der Waals surface area contributed by atoms with Gasteiger partial charge in [0, 0.05) is 19.6 Å². The summed E-state index contributed by atoms with van der Waals surface area (Å²) in [6.45, 7) is 4.55. The molecule has 59 heavy (non-hydrogen) atoms. The summed E-state index contributed by atoms with van der Waals surface area (Å²) in [5, 5.41) is 51.9. The standard InChI is InChI=1S/C30H24N4O12S2.C6H15NO3.K/c1-15-9-21(11-23(27(15)35)29(37)38)33-31-19-7-5-17(25(13-19)47(41,42)43)3-4-18-6-8-20(14-26(18)48(44,45)46)32-34-22-10-16(2)28(36)24(12-22)30(39)40;8-4-1-7(2-5-9)3-6-10;/h3-14,31-32H,1-2H3,(H,37,38)(H,39,40)(H,41,42,43)(H,44,45,46);8-10H,1-6H2;/q;;+1/b4-3+,33-21+,34-22+;;. The Labute approximate surface area is 380 Å². The van der Waals surface area contributed by atoms with Crippen molar-refractivity contribution in [3.05, 3.63) is 94.1 Å². The molecule has 0 atom stereocenters. The second-order valence-corrected chi connectivity index (χ2v) is 14.9. The molecule has 0 spiro atoms. The second-order valence-electron chi connectivity index (χ2n) is 12.1.